The molecule has 2 aromatic heterocycles. The Morgan fingerprint density at radius 1 is 1.14 bits per heavy atom. The molecular formula is C21H18F2N4OS. The van der Waals surface area contributed by atoms with E-state index in [1.54, 1.807) is 22.4 Å². The molecule has 1 amide bonds. The zero-order chi connectivity index (χ0) is 20.0. The number of likely N-dealkylation sites (tertiary alicyclic amines) is 1. The maximum absolute atomic E-state index is 13.4. The van der Waals surface area contributed by atoms with E-state index >= 15 is 0 Å². The second-order valence-electron chi connectivity index (χ2n) is 7.49. The molecule has 29 heavy (non-hydrogen) atoms. The first-order valence-electron chi connectivity index (χ1n) is 9.44. The summed E-state index contributed by atoms with van der Waals surface area (Å²) in [6.07, 6.45) is 1.75. The first kappa shape index (κ1) is 18.2. The minimum Gasteiger partial charge on any atom is -0.361 e. The average molecular weight is 412 g/mol. The van der Waals surface area contributed by atoms with Gasteiger partial charge in [-0.15, -0.1) is 11.3 Å². The van der Waals surface area contributed by atoms with Gasteiger partial charge >= 0.3 is 0 Å². The molecule has 2 fully saturated rings. The fourth-order valence-electron chi connectivity index (χ4n) is 4.17. The van der Waals surface area contributed by atoms with Crippen LogP contribution < -0.4 is 5.32 Å². The quantitative estimate of drug-likeness (QED) is 0.690. The summed E-state index contributed by atoms with van der Waals surface area (Å²) in [5, 5.41) is 6.24. The number of rotatable bonds is 5. The summed E-state index contributed by atoms with van der Waals surface area (Å²) in [5.41, 5.74) is 1.78. The van der Waals surface area contributed by atoms with E-state index in [-0.39, 0.29) is 11.5 Å². The van der Waals surface area contributed by atoms with Crippen LogP contribution in [0.3, 0.4) is 0 Å². The zero-order valence-corrected chi connectivity index (χ0v) is 16.2. The van der Waals surface area contributed by atoms with Crippen LogP contribution in [0, 0.1) is 29.4 Å². The number of aromatic nitrogens is 2. The van der Waals surface area contributed by atoms with Crippen molar-refractivity contribution in [2.75, 3.05) is 25.0 Å². The molecule has 5 rings (SSSR count). The Morgan fingerprint density at radius 3 is 2.59 bits per heavy atom. The van der Waals surface area contributed by atoms with Crippen molar-refractivity contribution in [3.63, 3.8) is 0 Å². The minimum atomic E-state index is -0.728. The molecule has 5 nitrogen and oxygen atoms in total. The van der Waals surface area contributed by atoms with Gasteiger partial charge in [-0.1, -0.05) is 6.07 Å². The van der Waals surface area contributed by atoms with Gasteiger partial charge in [-0.25, -0.2) is 13.8 Å². The molecule has 1 saturated carbocycles. The molecule has 0 bridgehead atoms. The van der Waals surface area contributed by atoms with Crippen molar-refractivity contribution >= 4 is 22.4 Å². The molecule has 1 saturated heterocycles. The van der Waals surface area contributed by atoms with Crippen LogP contribution in [0.4, 0.5) is 13.9 Å². The van der Waals surface area contributed by atoms with Crippen molar-refractivity contribution in [1.29, 1.82) is 0 Å². The molecule has 1 unspecified atom stereocenters. The number of benzene rings is 1. The van der Waals surface area contributed by atoms with Crippen LogP contribution in [0.1, 0.15) is 10.4 Å². The summed E-state index contributed by atoms with van der Waals surface area (Å²) in [6, 6.07) is 8.70. The van der Waals surface area contributed by atoms with Gasteiger partial charge in [-0.05, 0) is 42.0 Å². The van der Waals surface area contributed by atoms with Crippen LogP contribution in [0.15, 0.2) is 48.0 Å². The number of thiazole rings is 1. The minimum absolute atomic E-state index is 0.0725. The van der Waals surface area contributed by atoms with Crippen LogP contribution in [-0.2, 0) is 0 Å². The topological polar surface area (TPSA) is 58.1 Å². The van der Waals surface area contributed by atoms with Gasteiger partial charge in [0.05, 0.1) is 5.69 Å². The van der Waals surface area contributed by atoms with Gasteiger partial charge in [0, 0.05) is 42.8 Å². The summed E-state index contributed by atoms with van der Waals surface area (Å²) >= 11 is 1.55. The number of fused-ring (bicyclic) bond motifs is 1. The lowest BCUT2D eigenvalue weighted by molar-refractivity contribution is 0.0767. The SMILES string of the molecule is O=C(c1cc(F)cc(F)c1)N1C[C@@H]2C(CNc3nc(-c4ccccn4)cs3)[C@@H]2C1. The van der Waals surface area contributed by atoms with Gasteiger partial charge in [0.2, 0.25) is 0 Å². The molecule has 1 N–H and O–H groups in total. The monoisotopic (exact) mass is 412 g/mol. The van der Waals surface area contributed by atoms with Gasteiger partial charge < -0.3 is 10.2 Å². The second-order valence-corrected chi connectivity index (χ2v) is 8.35. The maximum atomic E-state index is 13.4. The Labute approximate surface area is 170 Å². The zero-order valence-electron chi connectivity index (χ0n) is 15.4. The Kier molecular flexibility index (Phi) is 4.50. The molecule has 0 spiro atoms. The van der Waals surface area contributed by atoms with Gasteiger partial charge in [0.25, 0.3) is 5.91 Å². The molecule has 0 radical (unpaired) electrons. The molecule has 1 aromatic carbocycles. The number of hydrogen-bond donors (Lipinski definition) is 1. The summed E-state index contributed by atoms with van der Waals surface area (Å²) in [6.45, 7) is 2.07. The Bertz CT molecular complexity index is 1030. The van der Waals surface area contributed by atoms with Gasteiger partial charge in [0.15, 0.2) is 5.13 Å². The van der Waals surface area contributed by atoms with Crippen molar-refractivity contribution in [2.24, 2.45) is 17.8 Å². The van der Waals surface area contributed by atoms with Crippen LogP contribution in [0.5, 0.6) is 0 Å². The van der Waals surface area contributed by atoms with E-state index in [0.717, 1.165) is 41.3 Å². The predicted octanol–water partition coefficient (Wildman–Crippen LogP) is 3.91. The molecular weight excluding hydrogens is 394 g/mol. The largest absolute Gasteiger partial charge is 0.361 e. The van der Waals surface area contributed by atoms with Gasteiger partial charge in [-0.2, -0.15) is 0 Å². The van der Waals surface area contributed by atoms with E-state index in [9.17, 15) is 13.6 Å². The summed E-state index contributed by atoms with van der Waals surface area (Å²) in [7, 11) is 0. The van der Waals surface area contributed by atoms with Crippen molar-refractivity contribution in [3.8, 4) is 11.4 Å². The standard InChI is InChI=1S/C21H18F2N4OS/c22-13-5-12(6-14(23)7-13)20(28)27-9-16-15(17(16)10-27)8-25-21-26-19(11-29-21)18-3-1-2-4-24-18/h1-7,11,15-17H,8-10H2,(H,25,26)/t15?,16-,17+. The smallest absolute Gasteiger partial charge is 0.254 e. The third-order valence-electron chi connectivity index (χ3n) is 5.69. The Hall–Kier alpha value is -2.87. The van der Waals surface area contributed by atoms with E-state index < -0.39 is 11.6 Å². The number of piperidine rings is 1. The van der Waals surface area contributed by atoms with Crippen LogP contribution in [0.25, 0.3) is 11.4 Å². The van der Waals surface area contributed by atoms with Crippen molar-refractivity contribution in [1.82, 2.24) is 14.9 Å². The highest BCUT2D eigenvalue weighted by molar-refractivity contribution is 7.14. The molecule has 148 valence electrons. The maximum Gasteiger partial charge on any atom is 0.254 e. The Morgan fingerprint density at radius 2 is 1.90 bits per heavy atom. The van der Waals surface area contributed by atoms with Crippen LogP contribution >= 0.6 is 11.3 Å². The fraction of sp³-hybridized carbons (Fsp3) is 0.286. The molecule has 3 atom stereocenters. The van der Waals surface area contributed by atoms with E-state index in [2.05, 4.69) is 15.3 Å². The van der Waals surface area contributed by atoms with Crippen molar-refractivity contribution in [3.05, 3.63) is 65.2 Å². The second kappa shape index (κ2) is 7.18. The van der Waals surface area contributed by atoms with E-state index in [0.29, 0.717) is 30.8 Å². The highest BCUT2D eigenvalue weighted by atomic mass is 32.1. The summed E-state index contributed by atoms with van der Waals surface area (Å²) < 4.78 is 26.7. The third kappa shape index (κ3) is 3.60. The molecule has 3 heterocycles. The lowest BCUT2D eigenvalue weighted by Gasteiger charge is -2.20. The van der Waals surface area contributed by atoms with E-state index in [1.165, 1.54) is 0 Å². The number of amides is 1. The third-order valence-corrected chi connectivity index (χ3v) is 6.49. The number of hydrogen-bond acceptors (Lipinski definition) is 5. The highest BCUT2D eigenvalue weighted by Gasteiger charge is 2.56. The molecule has 1 aliphatic carbocycles. The number of pyridine rings is 1. The van der Waals surface area contributed by atoms with Crippen LogP contribution in [0.2, 0.25) is 0 Å². The first-order valence-corrected chi connectivity index (χ1v) is 10.3. The van der Waals surface area contributed by atoms with Crippen LogP contribution in [-0.4, -0.2) is 40.4 Å². The predicted molar refractivity (Wildman–Crippen MR) is 107 cm³/mol. The van der Waals surface area contributed by atoms with E-state index in [4.69, 9.17) is 0 Å². The first-order chi connectivity index (χ1) is 14.1. The van der Waals surface area contributed by atoms with Crippen molar-refractivity contribution < 1.29 is 13.6 Å². The molecule has 2 aliphatic rings. The number of nitrogens with one attached hydrogen (secondary N) is 1. The fourth-order valence-corrected chi connectivity index (χ4v) is 4.88. The number of halogens is 2. The van der Waals surface area contributed by atoms with E-state index in [1.807, 2.05) is 23.6 Å². The summed E-state index contributed by atoms with van der Waals surface area (Å²) in [5.74, 6) is -0.408. The van der Waals surface area contributed by atoms with Gasteiger partial charge in [0.1, 0.15) is 17.3 Å². The van der Waals surface area contributed by atoms with Gasteiger partial charge in [-0.3, -0.25) is 9.78 Å². The average Bonchev–Trinajstić information content (AvgIpc) is 3.07. The number of nitrogens with zero attached hydrogens (tertiary/aromatic N) is 3. The molecule has 3 aromatic rings. The lowest BCUT2D eigenvalue weighted by atomic mass is 10.1. The normalized spacial score (nSPS) is 22.4. The Balaban J connectivity index is 1.14. The number of carbonyl (C=O) groups excluding carboxylic acids is 1. The summed E-state index contributed by atoms with van der Waals surface area (Å²) in [4.78, 5) is 23.1. The number of carbonyl (C=O) groups is 1. The lowest BCUT2D eigenvalue weighted by Crippen LogP contribution is -2.32. The molecule has 1 aliphatic heterocycles. The molecule has 8 heteroatoms. The highest BCUT2D eigenvalue weighted by Crippen LogP contribution is 2.51. The van der Waals surface area contributed by atoms with Crippen molar-refractivity contribution in [2.45, 2.75) is 0 Å². The number of anilines is 1.